The van der Waals surface area contributed by atoms with E-state index < -0.39 is 0 Å². The van der Waals surface area contributed by atoms with Gasteiger partial charge in [-0.2, -0.15) is 5.10 Å². The smallest absolute Gasteiger partial charge is 0.150 e. The summed E-state index contributed by atoms with van der Waals surface area (Å²) in [7, 11) is 0. The number of nitrogens with one attached hydrogen (secondary N) is 1. The Morgan fingerprint density at radius 3 is 2.42 bits per heavy atom. The number of hydrogen-bond donors (Lipinski definition) is 1. The van der Waals surface area contributed by atoms with Gasteiger partial charge < -0.3 is 5.32 Å². The van der Waals surface area contributed by atoms with E-state index in [0.717, 1.165) is 43.5 Å². The van der Waals surface area contributed by atoms with E-state index in [1.54, 1.807) is 0 Å². The number of aromatic nitrogens is 3. The van der Waals surface area contributed by atoms with Crippen LogP contribution in [0, 0.1) is 5.92 Å². The molecule has 4 heteroatoms. The second kappa shape index (κ2) is 8.31. The standard InChI is InChI=1S/C15H30N4/c1-6-14-17-15(7-2)19(18-14)11-10-16-13(5)9-8-12(3)4/h12-13,16H,6-11H2,1-5H3. The molecule has 0 amide bonds. The average Bonchev–Trinajstić information content (AvgIpc) is 2.79. The summed E-state index contributed by atoms with van der Waals surface area (Å²) in [6.45, 7) is 13.0. The fourth-order valence-corrected chi connectivity index (χ4v) is 2.12. The van der Waals surface area contributed by atoms with Crippen molar-refractivity contribution in [3.05, 3.63) is 11.6 Å². The number of rotatable bonds is 9. The van der Waals surface area contributed by atoms with Gasteiger partial charge in [-0.05, 0) is 25.7 Å². The van der Waals surface area contributed by atoms with Crippen molar-refractivity contribution >= 4 is 0 Å². The molecule has 0 fully saturated rings. The molecule has 0 aliphatic rings. The Kier molecular flexibility index (Phi) is 7.06. The van der Waals surface area contributed by atoms with Gasteiger partial charge in [-0.1, -0.05) is 27.7 Å². The topological polar surface area (TPSA) is 42.7 Å². The predicted molar refractivity (Wildman–Crippen MR) is 80.3 cm³/mol. The lowest BCUT2D eigenvalue weighted by Gasteiger charge is -2.15. The van der Waals surface area contributed by atoms with E-state index in [1.807, 2.05) is 0 Å². The van der Waals surface area contributed by atoms with E-state index in [2.05, 4.69) is 54.7 Å². The highest BCUT2D eigenvalue weighted by Gasteiger charge is 2.07. The molecule has 0 radical (unpaired) electrons. The van der Waals surface area contributed by atoms with Crippen LogP contribution in [0.25, 0.3) is 0 Å². The van der Waals surface area contributed by atoms with Gasteiger partial charge in [-0.3, -0.25) is 0 Å². The normalized spacial score (nSPS) is 13.2. The zero-order chi connectivity index (χ0) is 14.3. The zero-order valence-corrected chi connectivity index (χ0v) is 13.2. The molecule has 1 aromatic heterocycles. The summed E-state index contributed by atoms with van der Waals surface area (Å²) in [6, 6.07) is 0.585. The maximum Gasteiger partial charge on any atom is 0.150 e. The van der Waals surface area contributed by atoms with Crippen molar-refractivity contribution in [2.24, 2.45) is 5.92 Å². The van der Waals surface area contributed by atoms with Gasteiger partial charge in [0.2, 0.25) is 0 Å². The first-order valence-corrected chi connectivity index (χ1v) is 7.72. The minimum Gasteiger partial charge on any atom is -0.312 e. The summed E-state index contributed by atoms with van der Waals surface area (Å²) >= 11 is 0. The zero-order valence-electron chi connectivity index (χ0n) is 13.2. The molecule has 1 rings (SSSR count). The van der Waals surface area contributed by atoms with Gasteiger partial charge in [0.1, 0.15) is 5.82 Å². The maximum absolute atomic E-state index is 4.54. The molecule has 1 N–H and O–H groups in total. The van der Waals surface area contributed by atoms with Crippen LogP contribution in [0.2, 0.25) is 0 Å². The Balaban J connectivity index is 2.34. The van der Waals surface area contributed by atoms with Crippen molar-refractivity contribution in [2.45, 2.75) is 72.9 Å². The van der Waals surface area contributed by atoms with Crippen LogP contribution in [0.4, 0.5) is 0 Å². The molecular weight excluding hydrogens is 236 g/mol. The molecule has 0 aliphatic heterocycles. The molecule has 0 aliphatic carbocycles. The van der Waals surface area contributed by atoms with E-state index in [4.69, 9.17) is 0 Å². The average molecular weight is 266 g/mol. The third kappa shape index (κ3) is 5.72. The van der Waals surface area contributed by atoms with Gasteiger partial charge in [0.25, 0.3) is 0 Å². The Morgan fingerprint density at radius 1 is 1.11 bits per heavy atom. The van der Waals surface area contributed by atoms with Crippen molar-refractivity contribution in [2.75, 3.05) is 6.54 Å². The molecule has 0 bridgehead atoms. The van der Waals surface area contributed by atoms with E-state index in [1.165, 1.54) is 12.8 Å². The summed E-state index contributed by atoms with van der Waals surface area (Å²) in [4.78, 5) is 4.53. The molecular formula is C15H30N4. The second-order valence-electron chi connectivity index (χ2n) is 5.70. The molecule has 1 aromatic rings. The maximum atomic E-state index is 4.54. The lowest BCUT2D eigenvalue weighted by Crippen LogP contribution is -2.30. The first kappa shape index (κ1) is 16.2. The van der Waals surface area contributed by atoms with Gasteiger partial charge >= 0.3 is 0 Å². The highest BCUT2D eigenvalue weighted by Crippen LogP contribution is 2.06. The minimum absolute atomic E-state index is 0.585. The number of aryl methyl sites for hydroxylation is 2. The van der Waals surface area contributed by atoms with Crippen LogP contribution in [0.1, 0.15) is 59.1 Å². The molecule has 19 heavy (non-hydrogen) atoms. The molecule has 0 spiro atoms. The van der Waals surface area contributed by atoms with Gasteiger partial charge in [0.05, 0.1) is 6.54 Å². The second-order valence-corrected chi connectivity index (χ2v) is 5.70. The molecule has 1 atom stereocenters. The van der Waals surface area contributed by atoms with Crippen LogP contribution in [0.15, 0.2) is 0 Å². The van der Waals surface area contributed by atoms with Crippen molar-refractivity contribution in [3.63, 3.8) is 0 Å². The van der Waals surface area contributed by atoms with Crippen LogP contribution in [-0.2, 0) is 19.4 Å². The van der Waals surface area contributed by atoms with E-state index in [-0.39, 0.29) is 0 Å². The fraction of sp³-hybridized carbons (Fsp3) is 0.867. The Labute approximate surface area is 118 Å². The highest BCUT2D eigenvalue weighted by molar-refractivity contribution is 4.92. The van der Waals surface area contributed by atoms with Crippen LogP contribution in [0.3, 0.4) is 0 Å². The summed E-state index contributed by atoms with van der Waals surface area (Å²) in [5.41, 5.74) is 0. The van der Waals surface area contributed by atoms with Crippen molar-refractivity contribution in [1.82, 2.24) is 20.1 Å². The Bertz CT molecular complexity index is 357. The number of hydrogen-bond acceptors (Lipinski definition) is 3. The molecule has 0 saturated carbocycles. The van der Waals surface area contributed by atoms with Gasteiger partial charge in [-0.15, -0.1) is 0 Å². The minimum atomic E-state index is 0.585. The molecule has 0 aromatic carbocycles. The monoisotopic (exact) mass is 266 g/mol. The van der Waals surface area contributed by atoms with Crippen molar-refractivity contribution < 1.29 is 0 Å². The molecule has 110 valence electrons. The molecule has 1 heterocycles. The Morgan fingerprint density at radius 2 is 1.84 bits per heavy atom. The summed E-state index contributed by atoms with van der Waals surface area (Å²) in [5, 5.41) is 8.11. The van der Waals surface area contributed by atoms with E-state index >= 15 is 0 Å². The van der Waals surface area contributed by atoms with Crippen LogP contribution >= 0.6 is 0 Å². The number of nitrogens with zero attached hydrogens (tertiary/aromatic N) is 3. The lowest BCUT2D eigenvalue weighted by atomic mass is 10.0. The molecule has 4 nitrogen and oxygen atoms in total. The summed E-state index contributed by atoms with van der Waals surface area (Å²) in [5.74, 6) is 2.86. The lowest BCUT2D eigenvalue weighted by molar-refractivity contribution is 0.431. The quantitative estimate of drug-likeness (QED) is 0.747. The largest absolute Gasteiger partial charge is 0.312 e. The van der Waals surface area contributed by atoms with Gasteiger partial charge in [-0.25, -0.2) is 9.67 Å². The third-order valence-electron chi connectivity index (χ3n) is 3.42. The Hall–Kier alpha value is -0.900. The molecule has 1 unspecified atom stereocenters. The van der Waals surface area contributed by atoms with Crippen LogP contribution in [0.5, 0.6) is 0 Å². The van der Waals surface area contributed by atoms with E-state index in [0.29, 0.717) is 6.04 Å². The van der Waals surface area contributed by atoms with Crippen molar-refractivity contribution in [3.8, 4) is 0 Å². The summed E-state index contributed by atoms with van der Waals surface area (Å²) < 4.78 is 2.06. The van der Waals surface area contributed by atoms with Crippen LogP contribution < -0.4 is 5.32 Å². The van der Waals surface area contributed by atoms with E-state index in [9.17, 15) is 0 Å². The first-order valence-electron chi connectivity index (χ1n) is 7.72. The highest BCUT2D eigenvalue weighted by atomic mass is 15.3. The van der Waals surface area contributed by atoms with Crippen LogP contribution in [-0.4, -0.2) is 27.4 Å². The first-order chi connectivity index (χ1) is 9.06. The summed E-state index contributed by atoms with van der Waals surface area (Å²) in [6.07, 6.45) is 4.40. The van der Waals surface area contributed by atoms with Gasteiger partial charge in [0.15, 0.2) is 5.82 Å². The van der Waals surface area contributed by atoms with Gasteiger partial charge in [0, 0.05) is 25.4 Å². The predicted octanol–water partition coefficient (Wildman–Crippen LogP) is 2.82. The van der Waals surface area contributed by atoms with Crippen molar-refractivity contribution in [1.29, 1.82) is 0 Å². The fourth-order valence-electron chi connectivity index (χ4n) is 2.12. The SMILES string of the molecule is CCc1nc(CC)n(CCNC(C)CCC(C)C)n1. The third-order valence-corrected chi connectivity index (χ3v) is 3.42. The molecule has 0 saturated heterocycles.